The summed E-state index contributed by atoms with van der Waals surface area (Å²) >= 11 is 0. The van der Waals surface area contributed by atoms with Crippen LogP contribution in [0.4, 0.5) is 0 Å². The van der Waals surface area contributed by atoms with Crippen LogP contribution < -0.4 is 4.72 Å². The summed E-state index contributed by atoms with van der Waals surface area (Å²) in [4.78, 5) is 19.5. The Bertz CT molecular complexity index is 848. The topological polar surface area (TPSA) is 105 Å². The lowest BCUT2D eigenvalue weighted by atomic mass is 9.80. The number of fused-ring (bicyclic) bond motifs is 1. The minimum Gasteiger partial charge on any atom is -0.341 e. The van der Waals surface area contributed by atoms with E-state index in [2.05, 4.69) is 14.9 Å². The van der Waals surface area contributed by atoms with E-state index in [1.807, 2.05) is 4.90 Å². The zero-order valence-corrected chi connectivity index (χ0v) is 18.2. The molecule has 1 aromatic rings. The average molecular weight is 425 g/mol. The minimum absolute atomic E-state index is 0.0623. The molecule has 3 aliphatic rings. The number of sulfonamides is 1. The molecule has 1 N–H and O–H groups in total. The van der Waals surface area contributed by atoms with Gasteiger partial charge in [-0.1, -0.05) is 24.4 Å². The number of aryl methyl sites for hydroxylation is 1. The Balaban J connectivity index is 1.51. The molecule has 9 heteroatoms. The normalized spacial score (nSPS) is 30.6. The first-order valence-corrected chi connectivity index (χ1v) is 12.5. The maximum absolute atomic E-state index is 13.0. The number of carbonyl (C=O) groups excluding carboxylic acids is 1. The summed E-state index contributed by atoms with van der Waals surface area (Å²) in [6.07, 6.45) is 7.94. The summed E-state index contributed by atoms with van der Waals surface area (Å²) in [7, 11) is -3.28. The van der Waals surface area contributed by atoms with Crippen LogP contribution in [0, 0.1) is 18.8 Å². The maximum Gasteiger partial charge on any atom is 0.235 e. The molecule has 4 rings (SSSR count). The lowest BCUT2D eigenvalue weighted by Crippen LogP contribution is -2.40. The Morgan fingerprint density at radius 3 is 2.72 bits per heavy atom. The molecule has 3 fully saturated rings. The molecule has 1 aliphatic heterocycles. The third-order valence-corrected chi connectivity index (χ3v) is 8.55. The number of nitrogens with zero attached hydrogens (tertiary/aromatic N) is 3. The molecule has 2 heterocycles. The van der Waals surface area contributed by atoms with Crippen molar-refractivity contribution in [3.63, 3.8) is 0 Å². The summed E-state index contributed by atoms with van der Waals surface area (Å²) in [6, 6.07) is -0.159. The zero-order valence-electron chi connectivity index (χ0n) is 17.4. The molecule has 3 atom stereocenters. The number of likely N-dealkylation sites (tertiary alicyclic amines) is 1. The van der Waals surface area contributed by atoms with Gasteiger partial charge in [0.15, 0.2) is 5.82 Å². The molecule has 162 valence electrons. The molecule has 2 saturated carbocycles. The summed E-state index contributed by atoms with van der Waals surface area (Å²) < 4.78 is 32.6. The van der Waals surface area contributed by atoms with Gasteiger partial charge in [0.05, 0.1) is 11.2 Å². The van der Waals surface area contributed by atoms with Gasteiger partial charge >= 0.3 is 0 Å². The molecule has 0 radical (unpaired) electrons. The van der Waals surface area contributed by atoms with Crippen molar-refractivity contribution in [3.8, 4) is 0 Å². The third-order valence-electron chi connectivity index (χ3n) is 7.10. The molecule has 0 aromatic carbocycles. The van der Waals surface area contributed by atoms with E-state index in [0.29, 0.717) is 50.0 Å². The van der Waals surface area contributed by atoms with Crippen molar-refractivity contribution in [2.24, 2.45) is 11.8 Å². The molecule has 1 amide bonds. The van der Waals surface area contributed by atoms with Gasteiger partial charge in [-0.15, -0.1) is 0 Å². The first-order chi connectivity index (χ1) is 13.8. The van der Waals surface area contributed by atoms with Gasteiger partial charge in [0.1, 0.15) is 0 Å². The number of hydrogen-bond donors (Lipinski definition) is 1. The first-order valence-electron chi connectivity index (χ1n) is 10.9. The second-order valence-electron chi connectivity index (χ2n) is 9.14. The fraction of sp³-hybridized carbons (Fsp3) is 0.850. The lowest BCUT2D eigenvalue weighted by Gasteiger charge is -2.27. The average Bonchev–Trinajstić information content (AvgIpc) is 3.35. The van der Waals surface area contributed by atoms with Gasteiger partial charge in [-0.3, -0.25) is 4.79 Å². The predicted octanol–water partition coefficient (Wildman–Crippen LogP) is 2.15. The Morgan fingerprint density at radius 2 is 2.07 bits per heavy atom. The maximum atomic E-state index is 13.0. The molecule has 0 bridgehead atoms. The third kappa shape index (κ3) is 4.21. The summed E-state index contributed by atoms with van der Waals surface area (Å²) in [5, 5.41) is 3.97. The van der Waals surface area contributed by atoms with E-state index in [9.17, 15) is 13.2 Å². The standard InChI is InChI=1S/C20H32N4O4S/c1-3-29(26,27)23-17-10-16-12-24(18(25)9-15-7-5-4-6-8-15)13-20(16,11-17)19-21-14(2)22-28-19/h15-17,23H,3-13H2,1-2H3/t16-,17+,20-/m0/s1. The molecule has 29 heavy (non-hydrogen) atoms. The van der Waals surface area contributed by atoms with E-state index in [0.717, 1.165) is 12.8 Å². The van der Waals surface area contributed by atoms with E-state index in [4.69, 9.17) is 4.52 Å². The van der Waals surface area contributed by atoms with Crippen LogP contribution in [0.3, 0.4) is 0 Å². The molecule has 1 saturated heterocycles. The van der Waals surface area contributed by atoms with Crippen LogP contribution in [-0.4, -0.2) is 54.2 Å². The fourth-order valence-corrected chi connectivity index (χ4v) is 6.44. The molecule has 0 spiro atoms. The van der Waals surface area contributed by atoms with E-state index < -0.39 is 15.4 Å². The lowest BCUT2D eigenvalue weighted by molar-refractivity contribution is -0.131. The second-order valence-corrected chi connectivity index (χ2v) is 11.2. The van der Waals surface area contributed by atoms with E-state index in [-0.39, 0.29) is 23.6 Å². The number of hydrogen-bond acceptors (Lipinski definition) is 6. The van der Waals surface area contributed by atoms with Crippen LogP contribution >= 0.6 is 0 Å². The van der Waals surface area contributed by atoms with Gasteiger partial charge in [-0.25, -0.2) is 13.1 Å². The highest BCUT2D eigenvalue weighted by Gasteiger charge is 2.58. The Labute approximate surface area is 172 Å². The molecule has 0 unspecified atom stereocenters. The number of amides is 1. The van der Waals surface area contributed by atoms with Gasteiger partial charge in [-0.2, -0.15) is 4.98 Å². The monoisotopic (exact) mass is 424 g/mol. The summed E-state index contributed by atoms with van der Waals surface area (Å²) in [6.45, 7) is 4.60. The second kappa shape index (κ2) is 7.98. The molecule has 2 aliphatic carbocycles. The molecule has 1 aromatic heterocycles. The summed E-state index contributed by atoms with van der Waals surface area (Å²) in [5.74, 6) is 2.02. The van der Waals surface area contributed by atoms with Crippen molar-refractivity contribution in [1.82, 2.24) is 19.8 Å². The predicted molar refractivity (Wildman–Crippen MR) is 108 cm³/mol. The number of aromatic nitrogens is 2. The zero-order chi connectivity index (χ0) is 20.6. The van der Waals surface area contributed by atoms with Gasteiger partial charge in [-0.05, 0) is 51.4 Å². The number of nitrogens with one attached hydrogen (secondary N) is 1. The largest absolute Gasteiger partial charge is 0.341 e. The highest BCUT2D eigenvalue weighted by atomic mass is 32.2. The van der Waals surface area contributed by atoms with Crippen molar-refractivity contribution >= 4 is 15.9 Å². The van der Waals surface area contributed by atoms with E-state index in [1.54, 1.807) is 13.8 Å². The van der Waals surface area contributed by atoms with Crippen LogP contribution in [0.2, 0.25) is 0 Å². The van der Waals surface area contributed by atoms with Crippen LogP contribution in [0.5, 0.6) is 0 Å². The Morgan fingerprint density at radius 1 is 1.31 bits per heavy atom. The van der Waals surface area contributed by atoms with Crippen molar-refractivity contribution in [2.75, 3.05) is 18.8 Å². The minimum atomic E-state index is -3.28. The first kappa shape index (κ1) is 20.8. The van der Waals surface area contributed by atoms with Crippen LogP contribution in [-0.2, 0) is 20.2 Å². The van der Waals surface area contributed by atoms with Crippen LogP contribution in [0.15, 0.2) is 4.52 Å². The number of carbonyl (C=O) groups is 1. The van der Waals surface area contributed by atoms with Crippen LogP contribution in [0.1, 0.15) is 70.0 Å². The molecule has 8 nitrogen and oxygen atoms in total. The van der Waals surface area contributed by atoms with Crippen LogP contribution in [0.25, 0.3) is 0 Å². The van der Waals surface area contributed by atoms with Crippen molar-refractivity contribution in [3.05, 3.63) is 11.7 Å². The van der Waals surface area contributed by atoms with Crippen molar-refractivity contribution in [2.45, 2.75) is 76.7 Å². The molecular weight excluding hydrogens is 392 g/mol. The van der Waals surface area contributed by atoms with Gasteiger partial charge in [0.2, 0.25) is 21.8 Å². The van der Waals surface area contributed by atoms with Crippen molar-refractivity contribution < 1.29 is 17.7 Å². The fourth-order valence-electron chi connectivity index (χ4n) is 5.59. The quantitative estimate of drug-likeness (QED) is 0.750. The van der Waals surface area contributed by atoms with Gasteiger partial charge in [0.25, 0.3) is 0 Å². The van der Waals surface area contributed by atoms with Gasteiger partial charge in [0, 0.05) is 25.6 Å². The smallest absolute Gasteiger partial charge is 0.235 e. The Kier molecular flexibility index (Phi) is 5.72. The Hall–Kier alpha value is -1.48. The molecular formula is C20H32N4O4S. The highest BCUT2D eigenvalue weighted by Crippen LogP contribution is 2.50. The summed E-state index contributed by atoms with van der Waals surface area (Å²) in [5.41, 5.74) is -0.454. The van der Waals surface area contributed by atoms with E-state index >= 15 is 0 Å². The highest BCUT2D eigenvalue weighted by molar-refractivity contribution is 7.89. The SMILES string of the molecule is CCS(=O)(=O)N[C@@H]1C[C@H]2CN(C(=O)CC3CCCCC3)C[C@@]2(c2nc(C)no2)C1. The van der Waals surface area contributed by atoms with E-state index in [1.165, 1.54) is 19.3 Å². The van der Waals surface area contributed by atoms with Crippen molar-refractivity contribution in [1.29, 1.82) is 0 Å². The van der Waals surface area contributed by atoms with Gasteiger partial charge < -0.3 is 9.42 Å². The number of rotatable bonds is 6.